The van der Waals surface area contributed by atoms with E-state index in [-0.39, 0.29) is 11.5 Å². The van der Waals surface area contributed by atoms with E-state index in [4.69, 9.17) is 10.3 Å². The fourth-order valence-corrected chi connectivity index (χ4v) is 2.62. The predicted octanol–water partition coefficient (Wildman–Crippen LogP) is 3.06. The van der Waals surface area contributed by atoms with Gasteiger partial charge in [0.2, 0.25) is 0 Å². The van der Waals surface area contributed by atoms with Crippen LogP contribution in [0.5, 0.6) is 0 Å². The van der Waals surface area contributed by atoms with Gasteiger partial charge in [-0.15, -0.1) is 0 Å². The minimum Gasteiger partial charge on any atom is -0.471 e. The van der Waals surface area contributed by atoms with E-state index in [0.717, 1.165) is 24.3 Å². The fraction of sp³-hybridized carbons (Fsp3) is 0.667. The van der Waals surface area contributed by atoms with Crippen LogP contribution in [0.25, 0.3) is 0 Å². The summed E-state index contributed by atoms with van der Waals surface area (Å²) in [5, 5.41) is 9.36. The summed E-state index contributed by atoms with van der Waals surface area (Å²) in [5.74, 6) is 0.860. The molecular formula is C12H22NO2P. The molecule has 0 fully saturated rings. The maximum absolute atomic E-state index is 9.37. The summed E-state index contributed by atoms with van der Waals surface area (Å²) in [7, 11) is -0.870. The highest BCUT2D eigenvalue weighted by Crippen LogP contribution is 2.51. The number of aliphatic hydroxyl groups is 1. The van der Waals surface area contributed by atoms with Gasteiger partial charge in [-0.05, 0) is 31.4 Å². The molecule has 1 aliphatic rings. The third-order valence-corrected chi connectivity index (χ3v) is 4.78. The first kappa shape index (κ1) is 13.5. The molecule has 1 rings (SSSR count). The van der Waals surface area contributed by atoms with Gasteiger partial charge in [-0.3, -0.25) is 0 Å². The van der Waals surface area contributed by atoms with Gasteiger partial charge >= 0.3 is 0 Å². The predicted molar refractivity (Wildman–Crippen MR) is 69.0 cm³/mol. The highest BCUT2D eigenvalue weighted by atomic mass is 31.1. The van der Waals surface area contributed by atoms with Crippen LogP contribution in [0.4, 0.5) is 0 Å². The number of hydrogen-bond acceptors (Lipinski definition) is 3. The zero-order valence-electron chi connectivity index (χ0n) is 10.6. The van der Waals surface area contributed by atoms with E-state index in [0.29, 0.717) is 0 Å². The summed E-state index contributed by atoms with van der Waals surface area (Å²) in [4.78, 5) is 0. The van der Waals surface area contributed by atoms with Crippen LogP contribution in [-0.2, 0) is 4.52 Å². The molecular weight excluding hydrogens is 221 g/mol. The van der Waals surface area contributed by atoms with Crippen molar-refractivity contribution in [1.29, 1.82) is 0 Å². The first-order valence-electron chi connectivity index (χ1n) is 5.57. The van der Waals surface area contributed by atoms with Crippen molar-refractivity contribution >= 4 is 8.15 Å². The van der Waals surface area contributed by atoms with Crippen molar-refractivity contribution in [3.63, 3.8) is 0 Å². The average Bonchev–Trinajstić information content (AvgIpc) is 2.17. The molecule has 0 aromatic carbocycles. The Bertz CT molecular complexity index is 315. The van der Waals surface area contributed by atoms with Gasteiger partial charge in [0.1, 0.15) is 13.9 Å². The molecule has 0 amide bonds. The zero-order valence-corrected chi connectivity index (χ0v) is 11.5. The van der Waals surface area contributed by atoms with Crippen molar-refractivity contribution < 1.29 is 9.63 Å². The summed E-state index contributed by atoms with van der Waals surface area (Å²) in [6, 6.07) is 0. The lowest BCUT2D eigenvalue weighted by atomic mass is 10.0. The van der Waals surface area contributed by atoms with Gasteiger partial charge in [0.05, 0.1) is 6.35 Å². The lowest BCUT2D eigenvalue weighted by molar-refractivity contribution is 0.338. The second-order valence-electron chi connectivity index (χ2n) is 5.15. The van der Waals surface area contributed by atoms with Crippen molar-refractivity contribution in [2.75, 3.05) is 6.35 Å². The van der Waals surface area contributed by atoms with Crippen LogP contribution >= 0.6 is 8.15 Å². The van der Waals surface area contributed by atoms with Gasteiger partial charge in [-0.2, -0.15) is 0 Å². The SMILES string of the molecule is CC1=C(OP(CO)C(C)(C)C)C=C(N)CC1. The summed E-state index contributed by atoms with van der Waals surface area (Å²) in [6.45, 7) is 8.31. The molecule has 0 heterocycles. The Balaban J connectivity index is 2.80. The van der Waals surface area contributed by atoms with E-state index in [2.05, 4.69) is 27.7 Å². The lowest BCUT2D eigenvalue weighted by Gasteiger charge is -2.30. The maximum Gasteiger partial charge on any atom is 0.124 e. The van der Waals surface area contributed by atoms with Crippen LogP contribution in [0.1, 0.15) is 40.5 Å². The number of aliphatic hydroxyl groups excluding tert-OH is 1. The van der Waals surface area contributed by atoms with Crippen LogP contribution in [-0.4, -0.2) is 16.6 Å². The Hall–Kier alpha value is -0.530. The molecule has 0 radical (unpaired) electrons. The van der Waals surface area contributed by atoms with E-state index in [1.54, 1.807) is 0 Å². The Kier molecular flexibility index (Phi) is 4.40. The molecule has 0 bridgehead atoms. The highest BCUT2D eigenvalue weighted by Gasteiger charge is 2.27. The van der Waals surface area contributed by atoms with Crippen molar-refractivity contribution in [2.24, 2.45) is 5.73 Å². The van der Waals surface area contributed by atoms with Gasteiger partial charge < -0.3 is 15.4 Å². The van der Waals surface area contributed by atoms with Gasteiger partial charge in [0.25, 0.3) is 0 Å². The Morgan fingerprint density at radius 1 is 1.44 bits per heavy atom. The number of hydrogen-bond donors (Lipinski definition) is 2. The maximum atomic E-state index is 9.37. The molecule has 0 aromatic rings. The smallest absolute Gasteiger partial charge is 0.124 e. The fourth-order valence-electron chi connectivity index (χ4n) is 1.42. The molecule has 4 heteroatoms. The quantitative estimate of drug-likeness (QED) is 0.749. The Labute approximate surface area is 99.2 Å². The molecule has 0 aromatic heterocycles. The normalized spacial score (nSPS) is 19.4. The minimum atomic E-state index is -0.870. The monoisotopic (exact) mass is 243 g/mol. The largest absolute Gasteiger partial charge is 0.471 e. The van der Waals surface area contributed by atoms with Gasteiger partial charge in [0.15, 0.2) is 0 Å². The summed E-state index contributed by atoms with van der Waals surface area (Å²) in [6.07, 6.45) is 3.85. The zero-order chi connectivity index (χ0) is 12.3. The van der Waals surface area contributed by atoms with Crippen LogP contribution in [0.2, 0.25) is 0 Å². The summed E-state index contributed by atoms with van der Waals surface area (Å²) < 4.78 is 5.93. The summed E-state index contributed by atoms with van der Waals surface area (Å²) in [5.41, 5.74) is 7.89. The first-order valence-corrected chi connectivity index (χ1v) is 7.01. The average molecular weight is 243 g/mol. The van der Waals surface area contributed by atoms with Crippen molar-refractivity contribution in [3.05, 3.63) is 23.1 Å². The van der Waals surface area contributed by atoms with E-state index < -0.39 is 8.15 Å². The topological polar surface area (TPSA) is 55.5 Å². The third-order valence-electron chi connectivity index (χ3n) is 2.61. The molecule has 1 aliphatic carbocycles. The molecule has 0 saturated heterocycles. The number of allylic oxidation sites excluding steroid dienone is 3. The molecule has 0 spiro atoms. The molecule has 3 N–H and O–H groups in total. The van der Waals surface area contributed by atoms with Crippen LogP contribution in [0.15, 0.2) is 23.1 Å². The second kappa shape index (κ2) is 5.20. The van der Waals surface area contributed by atoms with Crippen molar-refractivity contribution in [2.45, 2.75) is 45.7 Å². The molecule has 0 saturated carbocycles. The third kappa shape index (κ3) is 3.50. The van der Waals surface area contributed by atoms with Gasteiger partial charge in [0, 0.05) is 10.9 Å². The van der Waals surface area contributed by atoms with Crippen molar-refractivity contribution in [1.82, 2.24) is 0 Å². The molecule has 1 atom stereocenters. The Morgan fingerprint density at radius 2 is 2.06 bits per heavy atom. The molecule has 16 heavy (non-hydrogen) atoms. The van der Waals surface area contributed by atoms with E-state index in [1.165, 1.54) is 5.57 Å². The van der Waals surface area contributed by atoms with Crippen molar-refractivity contribution in [3.8, 4) is 0 Å². The Morgan fingerprint density at radius 3 is 2.56 bits per heavy atom. The number of rotatable bonds is 3. The second-order valence-corrected chi connectivity index (χ2v) is 7.71. The number of nitrogens with two attached hydrogens (primary N) is 1. The highest BCUT2D eigenvalue weighted by molar-refractivity contribution is 7.54. The first-order chi connectivity index (χ1) is 7.34. The molecule has 1 unspecified atom stereocenters. The molecule has 92 valence electrons. The van der Waals surface area contributed by atoms with Gasteiger partial charge in [-0.25, -0.2) is 0 Å². The van der Waals surface area contributed by atoms with Crippen LogP contribution in [0.3, 0.4) is 0 Å². The van der Waals surface area contributed by atoms with E-state index in [1.807, 2.05) is 6.08 Å². The summed E-state index contributed by atoms with van der Waals surface area (Å²) >= 11 is 0. The standard InChI is InChI=1S/C12H22NO2P/c1-9-5-6-10(13)7-11(9)15-16(8-14)12(2,3)4/h7,14H,5-6,8,13H2,1-4H3. The molecule has 3 nitrogen and oxygen atoms in total. The van der Waals surface area contributed by atoms with Crippen LogP contribution < -0.4 is 5.73 Å². The van der Waals surface area contributed by atoms with Crippen LogP contribution in [0, 0.1) is 0 Å². The minimum absolute atomic E-state index is 0.0165. The van der Waals surface area contributed by atoms with E-state index >= 15 is 0 Å². The van der Waals surface area contributed by atoms with Gasteiger partial charge in [-0.1, -0.05) is 20.8 Å². The van der Waals surface area contributed by atoms with E-state index in [9.17, 15) is 5.11 Å². The molecule has 0 aliphatic heterocycles. The lowest BCUT2D eigenvalue weighted by Crippen LogP contribution is -2.16.